The number of rotatable bonds is 6. The van der Waals surface area contributed by atoms with Crippen LogP contribution in [0, 0.1) is 5.82 Å². The number of halogens is 1. The molecule has 1 heterocycles. The largest absolute Gasteiger partial charge is 0.404 e. The van der Waals surface area contributed by atoms with Crippen molar-refractivity contribution in [3.05, 3.63) is 58.0 Å². The molecule has 6 heteroatoms. The number of nitrogens with zero attached hydrogens (tertiary/aromatic N) is 1. The van der Waals surface area contributed by atoms with Crippen LogP contribution in [0.5, 0.6) is 0 Å². The summed E-state index contributed by atoms with van der Waals surface area (Å²) in [5.74, 6) is 0.381. The highest BCUT2D eigenvalue weighted by atomic mass is 32.2. The van der Waals surface area contributed by atoms with E-state index in [1.807, 2.05) is 19.9 Å². The first-order chi connectivity index (χ1) is 13.2. The molecule has 0 aliphatic carbocycles. The van der Waals surface area contributed by atoms with Gasteiger partial charge in [0.2, 0.25) is 0 Å². The molecule has 0 amide bonds. The van der Waals surface area contributed by atoms with E-state index in [1.165, 1.54) is 36.6 Å². The van der Waals surface area contributed by atoms with E-state index in [1.54, 1.807) is 6.07 Å². The van der Waals surface area contributed by atoms with Crippen LogP contribution in [-0.4, -0.2) is 12.3 Å². The molecule has 1 aromatic rings. The highest BCUT2D eigenvalue weighted by molar-refractivity contribution is 8.01. The minimum absolute atomic E-state index is 0.138. The van der Waals surface area contributed by atoms with Gasteiger partial charge in [-0.3, -0.25) is 10.1 Å². The molecule has 0 radical (unpaired) electrons. The fourth-order valence-electron chi connectivity index (χ4n) is 3.34. The first-order valence-electron chi connectivity index (χ1n) is 9.79. The predicted octanol–water partition coefficient (Wildman–Crippen LogP) is 5.11. The summed E-state index contributed by atoms with van der Waals surface area (Å²) in [7, 11) is 0. The van der Waals surface area contributed by atoms with E-state index in [-0.39, 0.29) is 11.7 Å². The van der Waals surface area contributed by atoms with E-state index in [9.17, 15) is 4.39 Å². The van der Waals surface area contributed by atoms with Crippen LogP contribution in [0.25, 0.3) is 0 Å². The van der Waals surface area contributed by atoms with Gasteiger partial charge in [-0.05, 0) is 65.8 Å². The van der Waals surface area contributed by atoms with Gasteiger partial charge < -0.3 is 11.5 Å². The lowest BCUT2D eigenvalue weighted by Gasteiger charge is -2.20. The minimum Gasteiger partial charge on any atom is -0.404 e. The Morgan fingerprint density at radius 3 is 2.36 bits per heavy atom. The monoisotopic (exact) mass is 406 g/mol. The Balaban J connectivity index is 0.000000307. The average molecular weight is 407 g/mol. The Morgan fingerprint density at radius 1 is 1.25 bits per heavy atom. The van der Waals surface area contributed by atoms with Gasteiger partial charge in [0, 0.05) is 24.9 Å². The molecule has 0 aromatic heterocycles. The summed E-state index contributed by atoms with van der Waals surface area (Å²) in [5, 5.41) is 5.40. The highest BCUT2D eigenvalue weighted by Gasteiger charge is 2.18. The van der Waals surface area contributed by atoms with Crippen LogP contribution in [0.4, 0.5) is 4.39 Å². The zero-order valence-electron chi connectivity index (χ0n) is 17.6. The van der Waals surface area contributed by atoms with Crippen molar-refractivity contribution < 1.29 is 4.39 Å². The molecule has 0 unspecified atom stereocenters. The molecule has 0 saturated carbocycles. The third kappa shape index (κ3) is 6.99. The van der Waals surface area contributed by atoms with Gasteiger partial charge in [0.05, 0.1) is 10.6 Å². The molecule has 28 heavy (non-hydrogen) atoms. The maximum absolute atomic E-state index is 13.9. The number of nitrogens with two attached hydrogens (primary N) is 3. The molecule has 0 bridgehead atoms. The van der Waals surface area contributed by atoms with Gasteiger partial charge in [-0.15, -0.1) is 0 Å². The lowest BCUT2D eigenvalue weighted by Crippen LogP contribution is -2.10. The zero-order chi connectivity index (χ0) is 21.3. The first kappa shape index (κ1) is 24.2. The van der Waals surface area contributed by atoms with Crippen molar-refractivity contribution in [1.82, 2.24) is 0 Å². The Bertz CT molecular complexity index is 723. The van der Waals surface area contributed by atoms with Crippen LogP contribution in [-0.2, 0) is 6.42 Å². The van der Waals surface area contributed by atoms with E-state index >= 15 is 0 Å². The summed E-state index contributed by atoms with van der Waals surface area (Å²) >= 11 is 1.18. The summed E-state index contributed by atoms with van der Waals surface area (Å²) < 4.78 is 13.9. The van der Waals surface area contributed by atoms with Gasteiger partial charge in [-0.25, -0.2) is 4.39 Å². The topological polar surface area (TPSA) is 90.4 Å². The fourth-order valence-corrected chi connectivity index (χ4v) is 3.73. The van der Waals surface area contributed by atoms with Crippen molar-refractivity contribution in [2.75, 3.05) is 6.54 Å². The Hall–Kier alpha value is -1.79. The number of aliphatic imine (C=N–C) groups is 1. The SMILES string of the molecule is C=C(N)Cc1c(C(C)C)ccc(F)c1C(C)C.N/C=C(/SN)C1=NCCCC1. The molecule has 156 valence electrons. The van der Waals surface area contributed by atoms with Crippen LogP contribution in [0.1, 0.15) is 75.5 Å². The van der Waals surface area contributed by atoms with Crippen molar-refractivity contribution >= 4 is 17.7 Å². The van der Waals surface area contributed by atoms with Crippen molar-refractivity contribution in [2.45, 2.75) is 65.2 Å². The molecule has 1 aliphatic rings. The Labute approximate surface area is 173 Å². The maximum Gasteiger partial charge on any atom is 0.126 e. The normalized spacial score (nSPS) is 14.6. The molecule has 1 aliphatic heterocycles. The van der Waals surface area contributed by atoms with Crippen LogP contribution in [0.3, 0.4) is 0 Å². The lowest BCUT2D eigenvalue weighted by molar-refractivity contribution is 0.591. The molecule has 2 rings (SSSR count). The second-order valence-corrected chi connectivity index (χ2v) is 8.28. The van der Waals surface area contributed by atoms with Gasteiger partial charge >= 0.3 is 0 Å². The summed E-state index contributed by atoms with van der Waals surface area (Å²) in [6, 6.07) is 3.43. The smallest absolute Gasteiger partial charge is 0.126 e. The van der Waals surface area contributed by atoms with Gasteiger partial charge in [-0.2, -0.15) is 0 Å². The molecular weight excluding hydrogens is 371 g/mol. The molecule has 6 N–H and O–H groups in total. The van der Waals surface area contributed by atoms with Crippen LogP contribution in [0.2, 0.25) is 0 Å². The minimum atomic E-state index is -0.138. The van der Waals surface area contributed by atoms with Gasteiger partial charge in [0.1, 0.15) is 5.82 Å². The molecular formula is C22H35FN4S. The van der Waals surface area contributed by atoms with Crippen molar-refractivity contribution in [2.24, 2.45) is 21.6 Å². The molecule has 0 spiro atoms. The van der Waals surface area contributed by atoms with Gasteiger partial charge in [-0.1, -0.05) is 40.3 Å². The summed E-state index contributed by atoms with van der Waals surface area (Å²) in [5.41, 5.74) is 15.7. The van der Waals surface area contributed by atoms with Crippen molar-refractivity contribution in [1.29, 1.82) is 0 Å². The molecule has 0 saturated heterocycles. The highest BCUT2D eigenvalue weighted by Crippen LogP contribution is 2.31. The lowest BCUT2D eigenvalue weighted by atomic mass is 9.86. The third-order valence-corrected chi connectivity index (χ3v) is 5.26. The second-order valence-electron chi connectivity index (χ2n) is 7.61. The van der Waals surface area contributed by atoms with Crippen molar-refractivity contribution in [3.63, 3.8) is 0 Å². The molecule has 4 nitrogen and oxygen atoms in total. The summed E-state index contributed by atoms with van der Waals surface area (Å²) in [6.07, 6.45) is 5.51. The zero-order valence-corrected chi connectivity index (χ0v) is 18.4. The second kappa shape index (κ2) is 11.9. The average Bonchev–Trinajstić information content (AvgIpc) is 2.63. The number of hydrogen-bond donors (Lipinski definition) is 3. The third-order valence-electron chi connectivity index (χ3n) is 4.63. The Kier molecular flexibility index (Phi) is 10.3. The van der Waals surface area contributed by atoms with E-state index in [2.05, 4.69) is 25.4 Å². The summed E-state index contributed by atoms with van der Waals surface area (Å²) in [4.78, 5) is 5.26. The van der Waals surface area contributed by atoms with Crippen LogP contribution in [0.15, 0.2) is 40.5 Å². The molecule has 1 aromatic carbocycles. The summed E-state index contributed by atoms with van der Waals surface area (Å²) in [6.45, 7) is 12.9. The molecule has 0 fully saturated rings. The molecule has 0 atom stereocenters. The number of hydrogen-bond acceptors (Lipinski definition) is 5. The maximum atomic E-state index is 13.9. The van der Waals surface area contributed by atoms with E-state index in [4.69, 9.17) is 16.6 Å². The number of benzene rings is 1. The Morgan fingerprint density at radius 2 is 1.93 bits per heavy atom. The van der Waals surface area contributed by atoms with Crippen molar-refractivity contribution in [3.8, 4) is 0 Å². The standard InChI is InChI=1S/C15H22FN.C7H13N3S/c1-9(2)12-6-7-14(16)15(10(3)4)13(12)8-11(5)17;8-5-7(11-9)6-3-1-2-4-10-6/h6-7,9-10H,5,8,17H2,1-4H3;5H,1-4,8-9H2/b;7-5+. The van der Waals surface area contributed by atoms with E-state index < -0.39 is 0 Å². The van der Waals surface area contributed by atoms with Gasteiger partial charge in [0.25, 0.3) is 0 Å². The number of allylic oxidation sites excluding steroid dienone is 2. The van der Waals surface area contributed by atoms with Gasteiger partial charge in [0.15, 0.2) is 0 Å². The van der Waals surface area contributed by atoms with E-state index in [0.29, 0.717) is 18.0 Å². The van der Waals surface area contributed by atoms with Crippen LogP contribution < -0.4 is 16.6 Å². The fraction of sp³-hybridized carbons (Fsp3) is 0.500. The predicted molar refractivity (Wildman–Crippen MR) is 122 cm³/mol. The first-order valence-corrected chi connectivity index (χ1v) is 10.7. The quantitative estimate of drug-likeness (QED) is 0.573. The van der Waals surface area contributed by atoms with Crippen LogP contribution >= 0.6 is 11.9 Å². The van der Waals surface area contributed by atoms with E-state index in [0.717, 1.165) is 34.7 Å².